The second-order valence-electron chi connectivity index (χ2n) is 7.69. The number of aryl methyl sites for hydroxylation is 1. The van der Waals surface area contributed by atoms with Crippen LogP contribution in [0, 0.1) is 6.92 Å². The Hall–Kier alpha value is -2.91. The summed E-state index contributed by atoms with van der Waals surface area (Å²) in [6.07, 6.45) is 2.96. The van der Waals surface area contributed by atoms with Crippen molar-refractivity contribution in [1.82, 2.24) is 9.62 Å². The van der Waals surface area contributed by atoms with Crippen LogP contribution in [0.1, 0.15) is 30.4 Å². The number of anilines is 1. The van der Waals surface area contributed by atoms with Gasteiger partial charge in [0.05, 0.1) is 4.90 Å². The molecular formula is C22H28N4O4S. The summed E-state index contributed by atoms with van der Waals surface area (Å²) < 4.78 is 27.7. The molecule has 166 valence electrons. The van der Waals surface area contributed by atoms with Crippen molar-refractivity contribution in [1.29, 1.82) is 0 Å². The molecule has 0 spiro atoms. The monoisotopic (exact) mass is 444 g/mol. The zero-order valence-corrected chi connectivity index (χ0v) is 18.3. The molecule has 1 aliphatic rings. The third kappa shape index (κ3) is 5.83. The number of carbonyl (C=O) groups is 2. The Morgan fingerprint density at radius 2 is 1.74 bits per heavy atom. The maximum Gasteiger partial charge on any atom is 0.312 e. The molecule has 1 unspecified atom stereocenters. The van der Waals surface area contributed by atoms with Crippen molar-refractivity contribution in [3.63, 3.8) is 0 Å². The molecule has 2 aromatic carbocycles. The lowest BCUT2D eigenvalue weighted by Gasteiger charge is -2.26. The Morgan fingerprint density at radius 3 is 2.39 bits per heavy atom. The number of amides is 3. The minimum Gasteiger partial charge on any atom is -0.352 e. The van der Waals surface area contributed by atoms with Crippen LogP contribution in [-0.2, 0) is 21.2 Å². The standard InChI is InChI=1S/C22H28N4O4S/c1-16-10-11-18(15-20(16)31(29,30)26-12-6-3-7-13-26)24-21(27)19(25-22(23)28)14-17-8-4-2-5-9-17/h2,4-5,8-11,15,19H,3,6-7,12-14H2,1H3,(H,24,27)(H3,23,25,28). The van der Waals surface area contributed by atoms with Crippen molar-refractivity contribution in [3.05, 3.63) is 59.7 Å². The van der Waals surface area contributed by atoms with Gasteiger partial charge in [-0.15, -0.1) is 0 Å². The van der Waals surface area contributed by atoms with Gasteiger partial charge in [0.1, 0.15) is 6.04 Å². The van der Waals surface area contributed by atoms with Crippen LogP contribution in [0.15, 0.2) is 53.4 Å². The van der Waals surface area contributed by atoms with E-state index in [1.165, 1.54) is 10.4 Å². The zero-order chi connectivity index (χ0) is 22.4. The maximum absolute atomic E-state index is 13.1. The lowest BCUT2D eigenvalue weighted by Crippen LogP contribution is -2.47. The molecule has 0 saturated carbocycles. The van der Waals surface area contributed by atoms with Crippen molar-refractivity contribution in [3.8, 4) is 0 Å². The molecule has 31 heavy (non-hydrogen) atoms. The largest absolute Gasteiger partial charge is 0.352 e. The highest BCUT2D eigenvalue weighted by molar-refractivity contribution is 7.89. The number of benzene rings is 2. The minimum atomic E-state index is -3.65. The lowest BCUT2D eigenvalue weighted by atomic mass is 10.1. The first-order chi connectivity index (χ1) is 14.8. The molecule has 1 heterocycles. The number of carbonyl (C=O) groups excluding carboxylic acids is 2. The Morgan fingerprint density at radius 1 is 1.06 bits per heavy atom. The number of urea groups is 1. The van der Waals surface area contributed by atoms with Gasteiger partial charge in [-0.2, -0.15) is 4.31 Å². The topological polar surface area (TPSA) is 122 Å². The lowest BCUT2D eigenvalue weighted by molar-refractivity contribution is -0.117. The van der Waals surface area contributed by atoms with E-state index in [2.05, 4.69) is 10.6 Å². The molecule has 2 aromatic rings. The van der Waals surface area contributed by atoms with Crippen LogP contribution in [0.3, 0.4) is 0 Å². The molecule has 3 amide bonds. The third-order valence-corrected chi connectivity index (χ3v) is 7.34. The molecule has 1 fully saturated rings. The van der Waals surface area contributed by atoms with Crippen molar-refractivity contribution in [2.75, 3.05) is 18.4 Å². The summed E-state index contributed by atoms with van der Waals surface area (Å²) in [7, 11) is -3.65. The summed E-state index contributed by atoms with van der Waals surface area (Å²) in [4.78, 5) is 24.4. The molecule has 1 atom stereocenters. The molecule has 0 bridgehead atoms. The van der Waals surface area contributed by atoms with E-state index >= 15 is 0 Å². The van der Waals surface area contributed by atoms with E-state index < -0.39 is 28.0 Å². The number of nitrogens with zero attached hydrogens (tertiary/aromatic N) is 1. The van der Waals surface area contributed by atoms with E-state index in [1.54, 1.807) is 19.1 Å². The summed E-state index contributed by atoms with van der Waals surface area (Å²) in [5.41, 5.74) is 7.06. The third-order valence-electron chi connectivity index (χ3n) is 5.30. The number of sulfonamides is 1. The van der Waals surface area contributed by atoms with Crippen LogP contribution in [-0.4, -0.2) is 43.8 Å². The maximum atomic E-state index is 13.1. The van der Waals surface area contributed by atoms with E-state index in [9.17, 15) is 18.0 Å². The van der Waals surface area contributed by atoms with Crippen molar-refractivity contribution < 1.29 is 18.0 Å². The molecule has 4 N–H and O–H groups in total. The Bertz CT molecular complexity index is 1030. The van der Waals surface area contributed by atoms with Gasteiger partial charge in [0.2, 0.25) is 15.9 Å². The van der Waals surface area contributed by atoms with E-state index in [0.29, 0.717) is 24.3 Å². The molecule has 1 aliphatic heterocycles. The van der Waals surface area contributed by atoms with Crippen LogP contribution in [0.5, 0.6) is 0 Å². The average molecular weight is 445 g/mol. The first-order valence-corrected chi connectivity index (χ1v) is 11.7. The predicted octanol–water partition coefficient (Wildman–Crippen LogP) is 2.39. The van der Waals surface area contributed by atoms with Crippen molar-refractivity contribution in [2.24, 2.45) is 5.73 Å². The summed E-state index contributed by atoms with van der Waals surface area (Å²) in [5.74, 6) is -0.479. The van der Waals surface area contributed by atoms with Gasteiger partial charge in [0, 0.05) is 25.2 Å². The molecule has 3 rings (SSSR count). The van der Waals surface area contributed by atoms with Gasteiger partial charge in [-0.05, 0) is 43.0 Å². The summed E-state index contributed by atoms with van der Waals surface area (Å²) in [5, 5.41) is 5.17. The first kappa shape index (κ1) is 22.8. The van der Waals surface area contributed by atoms with Gasteiger partial charge in [-0.1, -0.05) is 42.8 Å². The SMILES string of the molecule is Cc1ccc(NC(=O)C(Cc2ccccc2)NC(N)=O)cc1S(=O)(=O)N1CCCCC1. The minimum absolute atomic E-state index is 0.176. The summed E-state index contributed by atoms with van der Waals surface area (Å²) >= 11 is 0. The van der Waals surface area contributed by atoms with Crippen LogP contribution < -0.4 is 16.4 Å². The van der Waals surface area contributed by atoms with Crippen molar-refractivity contribution in [2.45, 2.75) is 43.5 Å². The van der Waals surface area contributed by atoms with Gasteiger partial charge >= 0.3 is 6.03 Å². The predicted molar refractivity (Wildman–Crippen MR) is 119 cm³/mol. The summed E-state index contributed by atoms with van der Waals surface area (Å²) in [6.45, 7) is 2.73. The van der Waals surface area contributed by atoms with Gasteiger partial charge in [0.25, 0.3) is 0 Å². The second kappa shape index (κ2) is 9.93. The van der Waals surface area contributed by atoms with E-state index in [0.717, 1.165) is 24.8 Å². The number of hydrogen-bond acceptors (Lipinski definition) is 4. The Kier molecular flexibility index (Phi) is 7.29. The molecule has 0 aliphatic carbocycles. The fourth-order valence-electron chi connectivity index (χ4n) is 3.66. The number of piperidine rings is 1. The van der Waals surface area contributed by atoms with E-state index in [4.69, 9.17) is 5.73 Å². The number of primary amides is 1. The van der Waals surface area contributed by atoms with Crippen LogP contribution in [0.25, 0.3) is 0 Å². The van der Waals surface area contributed by atoms with E-state index in [1.807, 2.05) is 30.3 Å². The number of nitrogens with two attached hydrogens (primary N) is 1. The molecule has 0 aromatic heterocycles. The van der Waals surface area contributed by atoms with Crippen LogP contribution >= 0.6 is 0 Å². The quantitative estimate of drug-likeness (QED) is 0.607. The molecule has 8 nitrogen and oxygen atoms in total. The zero-order valence-electron chi connectivity index (χ0n) is 17.5. The highest BCUT2D eigenvalue weighted by Gasteiger charge is 2.28. The second-order valence-corrected chi connectivity index (χ2v) is 9.59. The molecular weight excluding hydrogens is 416 g/mol. The highest BCUT2D eigenvalue weighted by Crippen LogP contribution is 2.26. The molecule has 9 heteroatoms. The average Bonchev–Trinajstić information content (AvgIpc) is 2.75. The number of nitrogens with one attached hydrogen (secondary N) is 2. The molecule has 0 radical (unpaired) electrons. The smallest absolute Gasteiger partial charge is 0.312 e. The van der Waals surface area contributed by atoms with Crippen LogP contribution in [0.4, 0.5) is 10.5 Å². The number of rotatable bonds is 7. The highest BCUT2D eigenvalue weighted by atomic mass is 32.2. The van der Waals surface area contributed by atoms with Crippen LogP contribution in [0.2, 0.25) is 0 Å². The van der Waals surface area contributed by atoms with Gasteiger partial charge in [-0.25, -0.2) is 13.2 Å². The first-order valence-electron chi connectivity index (χ1n) is 10.3. The molecule has 1 saturated heterocycles. The fourth-order valence-corrected chi connectivity index (χ4v) is 5.43. The summed E-state index contributed by atoms with van der Waals surface area (Å²) in [6, 6.07) is 12.3. The van der Waals surface area contributed by atoms with Crippen molar-refractivity contribution >= 4 is 27.6 Å². The van der Waals surface area contributed by atoms with Gasteiger partial charge < -0.3 is 16.4 Å². The van der Waals surface area contributed by atoms with Gasteiger partial charge in [0.15, 0.2) is 0 Å². The van der Waals surface area contributed by atoms with E-state index in [-0.39, 0.29) is 11.3 Å². The Balaban J connectivity index is 1.81. The Labute approximate surface area is 182 Å². The fraction of sp³-hybridized carbons (Fsp3) is 0.364. The number of hydrogen-bond donors (Lipinski definition) is 3. The van der Waals surface area contributed by atoms with Gasteiger partial charge in [-0.3, -0.25) is 4.79 Å². The normalized spacial score (nSPS) is 15.8.